The van der Waals surface area contributed by atoms with Crippen molar-refractivity contribution in [2.75, 3.05) is 13.0 Å². The lowest BCUT2D eigenvalue weighted by atomic mass is 9.96. The van der Waals surface area contributed by atoms with Crippen LogP contribution in [0.15, 0.2) is 18.2 Å². The zero-order valence-electron chi connectivity index (χ0n) is 15.2. The van der Waals surface area contributed by atoms with Crippen LogP contribution < -0.4 is 4.74 Å². The van der Waals surface area contributed by atoms with E-state index >= 15 is 0 Å². The van der Waals surface area contributed by atoms with E-state index in [0.29, 0.717) is 11.8 Å². The van der Waals surface area contributed by atoms with Crippen molar-refractivity contribution in [3.8, 4) is 17.3 Å². The molecule has 0 fully saturated rings. The number of hydrogen-bond acceptors (Lipinski definition) is 3. The molecule has 0 saturated heterocycles. The second-order valence-electron chi connectivity index (χ2n) is 5.92. The smallest absolute Gasteiger partial charge is 0.220 e. The predicted molar refractivity (Wildman–Crippen MR) is 101 cm³/mol. The summed E-state index contributed by atoms with van der Waals surface area (Å²) >= 11 is 5.79. The van der Waals surface area contributed by atoms with Gasteiger partial charge in [0.25, 0.3) is 0 Å². The van der Waals surface area contributed by atoms with E-state index in [0.717, 1.165) is 54.7 Å². The van der Waals surface area contributed by atoms with Gasteiger partial charge in [0.05, 0.1) is 7.11 Å². The highest BCUT2D eigenvalue weighted by atomic mass is 35.5. The first-order valence-corrected chi connectivity index (χ1v) is 9.28. The molecule has 0 aliphatic heterocycles. The van der Waals surface area contributed by atoms with Crippen LogP contribution in [0.25, 0.3) is 11.4 Å². The standard InChI is InChI=1S/C20H27ClN2O/c1-5-15-10-9-11-16(6-2)18(15)19-22-14(3)17(12-7-8-13-21)20(23-19)24-4/h9-11H,5-8,12-13H2,1-4H3. The number of nitrogens with zero attached hydrogens (tertiary/aromatic N) is 2. The Morgan fingerprint density at radius 2 is 1.71 bits per heavy atom. The van der Waals surface area contributed by atoms with Gasteiger partial charge in [-0.2, -0.15) is 4.98 Å². The Hall–Kier alpha value is -1.61. The van der Waals surface area contributed by atoms with E-state index in [-0.39, 0.29) is 0 Å². The molecule has 2 rings (SSSR count). The van der Waals surface area contributed by atoms with Crippen molar-refractivity contribution in [1.82, 2.24) is 9.97 Å². The first-order chi connectivity index (χ1) is 11.7. The Bertz CT molecular complexity index is 663. The van der Waals surface area contributed by atoms with Crippen molar-refractivity contribution >= 4 is 11.6 Å². The zero-order valence-corrected chi connectivity index (χ0v) is 15.9. The van der Waals surface area contributed by atoms with Gasteiger partial charge in [-0.3, -0.25) is 0 Å². The number of rotatable bonds is 8. The molecule has 24 heavy (non-hydrogen) atoms. The molecule has 0 atom stereocenters. The average Bonchev–Trinajstić information content (AvgIpc) is 2.61. The summed E-state index contributed by atoms with van der Waals surface area (Å²) in [4.78, 5) is 9.58. The third-order valence-corrected chi connectivity index (χ3v) is 4.67. The number of ether oxygens (including phenoxy) is 1. The highest BCUT2D eigenvalue weighted by Crippen LogP contribution is 2.30. The Kier molecular flexibility index (Phi) is 7.04. The van der Waals surface area contributed by atoms with Crippen molar-refractivity contribution in [3.05, 3.63) is 40.6 Å². The molecule has 1 aromatic carbocycles. The number of halogens is 1. The van der Waals surface area contributed by atoms with Gasteiger partial charge in [0.1, 0.15) is 0 Å². The first-order valence-electron chi connectivity index (χ1n) is 8.74. The number of benzene rings is 1. The maximum Gasteiger partial charge on any atom is 0.220 e. The lowest BCUT2D eigenvalue weighted by molar-refractivity contribution is 0.390. The summed E-state index contributed by atoms with van der Waals surface area (Å²) in [5.74, 6) is 2.16. The van der Waals surface area contributed by atoms with Gasteiger partial charge in [0, 0.05) is 22.7 Å². The zero-order chi connectivity index (χ0) is 17.5. The maximum atomic E-state index is 5.79. The van der Waals surface area contributed by atoms with Crippen LogP contribution in [0.3, 0.4) is 0 Å². The number of alkyl halides is 1. The number of aromatic nitrogens is 2. The Morgan fingerprint density at radius 1 is 1.04 bits per heavy atom. The molecule has 0 spiro atoms. The highest BCUT2D eigenvalue weighted by Gasteiger charge is 2.17. The summed E-state index contributed by atoms with van der Waals surface area (Å²) < 4.78 is 5.58. The summed E-state index contributed by atoms with van der Waals surface area (Å²) in [6, 6.07) is 6.44. The van der Waals surface area contributed by atoms with Crippen LogP contribution in [0.5, 0.6) is 5.88 Å². The fourth-order valence-electron chi connectivity index (χ4n) is 3.06. The van der Waals surface area contributed by atoms with Gasteiger partial charge in [0.15, 0.2) is 5.82 Å². The first kappa shape index (κ1) is 18.7. The molecule has 0 amide bonds. The van der Waals surface area contributed by atoms with Gasteiger partial charge in [-0.15, -0.1) is 11.6 Å². The lowest BCUT2D eigenvalue weighted by Gasteiger charge is -2.16. The van der Waals surface area contributed by atoms with Gasteiger partial charge in [0.2, 0.25) is 5.88 Å². The third kappa shape index (κ3) is 4.07. The Labute approximate surface area is 150 Å². The highest BCUT2D eigenvalue weighted by molar-refractivity contribution is 6.17. The fourth-order valence-corrected chi connectivity index (χ4v) is 3.25. The number of hydrogen-bond donors (Lipinski definition) is 0. The Balaban J connectivity index is 2.51. The molecule has 0 saturated carbocycles. The number of unbranched alkanes of at least 4 members (excludes halogenated alkanes) is 1. The van der Waals surface area contributed by atoms with Crippen LogP contribution in [-0.4, -0.2) is 23.0 Å². The predicted octanol–water partition coefficient (Wildman–Crippen LogP) is 5.15. The average molecular weight is 347 g/mol. The van der Waals surface area contributed by atoms with E-state index < -0.39 is 0 Å². The summed E-state index contributed by atoms with van der Waals surface area (Å²) in [6.07, 6.45) is 4.84. The molecule has 0 aliphatic rings. The molecule has 0 radical (unpaired) electrons. The van der Waals surface area contributed by atoms with Gasteiger partial charge < -0.3 is 4.74 Å². The normalized spacial score (nSPS) is 10.9. The monoisotopic (exact) mass is 346 g/mol. The van der Waals surface area contributed by atoms with Gasteiger partial charge >= 0.3 is 0 Å². The van der Waals surface area contributed by atoms with Gasteiger partial charge in [-0.1, -0.05) is 32.0 Å². The Morgan fingerprint density at radius 3 is 2.25 bits per heavy atom. The lowest BCUT2D eigenvalue weighted by Crippen LogP contribution is -2.06. The second kappa shape index (κ2) is 9.03. The van der Waals surface area contributed by atoms with Crippen molar-refractivity contribution in [2.24, 2.45) is 0 Å². The van der Waals surface area contributed by atoms with Crippen LogP contribution >= 0.6 is 11.6 Å². The minimum absolute atomic E-state index is 0.685. The molecule has 4 heteroatoms. The molecule has 3 nitrogen and oxygen atoms in total. The minimum Gasteiger partial charge on any atom is -0.481 e. The molecule has 1 aromatic heterocycles. The van der Waals surface area contributed by atoms with E-state index in [4.69, 9.17) is 26.3 Å². The molecule has 0 unspecified atom stereocenters. The van der Waals surface area contributed by atoms with Crippen LogP contribution in [0, 0.1) is 6.92 Å². The van der Waals surface area contributed by atoms with Crippen LogP contribution in [0.1, 0.15) is 49.1 Å². The van der Waals surface area contributed by atoms with E-state index in [1.165, 1.54) is 11.1 Å². The van der Waals surface area contributed by atoms with Crippen molar-refractivity contribution in [1.29, 1.82) is 0 Å². The van der Waals surface area contributed by atoms with E-state index in [9.17, 15) is 0 Å². The molecule has 1 heterocycles. The quantitative estimate of drug-likeness (QED) is 0.490. The van der Waals surface area contributed by atoms with E-state index in [1.807, 2.05) is 6.92 Å². The van der Waals surface area contributed by atoms with Crippen molar-refractivity contribution in [3.63, 3.8) is 0 Å². The molecule has 2 aromatic rings. The summed E-state index contributed by atoms with van der Waals surface area (Å²) in [5.41, 5.74) is 5.82. The van der Waals surface area contributed by atoms with Crippen LogP contribution in [-0.2, 0) is 19.3 Å². The van der Waals surface area contributed by atoms with Crippen LogP contribution in [0.2, 0.25) is 0 Å². The fraction of sp³-hybridized carbons (Fsp3) is 0.500. The van der Waals surface area contributed by atoms with E-state index in [1.54, 1.807) is 7.11 Å². The SMILES string of the molecule is CCc1cccc(CC)c1-c1nc(C)c(CCCCCl)c(OC)n1. The summed E-state index contributed by atoms with van der Waals surface area (Å²) in [5, 5.41) is 0. The number of aryl methyl sites for hydroxylation is 3. The topological polar surface area (TPSA) is 35.0 Å². The largest absolute Gasteiger partial charge is 0.481 e. The molecular formula is C20H27ClN2O. The minimum atomic E-state index is 0.685. The third-order valence-electron chi connectivity index (χ3n) is 4.40. The summed E-state index contributed by atoms with van der Waals surface area (Å²) in [6.45, 7) is 6.38. The van der Waals surface area contributed by atoms with Crippen molar-refractivity contribution < 1.29 is 4.74 Å². The van der Waals surface area contributed by atoms with Gasteiger partial charge in [-0.25, -0.2) is 4.98 Å². The maximum absolute atomic E-state index is 5.79. The van der Waals surface area contributed by atoms with Crippen LogP contribution in [0.4, 0.5) is 0 Å². The number of methoxy groups -OCH3 is 1. The summed E-state index contributed by atoms with van der Waals surface area (Å²) in [7, 11) is 1.68. The van der Waals surface area contributed by atoms with Crippen molar-refractivity contribution in [2.45, 2.75) is 52.9 Å². The molecule has 0 bridgehead atoms. The second-order valence-corrected chi connectivity index (χ2v) is 6.30. The molecule has 0 N–H and O–H groups in total. The molecule has 130 valence electrons. The molecular weight excluding hydrogens is 320 g/mol. The van der Waals surface area contributed by atoms with Gasteiger partial charge in [-0.05, 0) is 50.2 Å². The van der Waals surface area contributed by atoms with E-state index in [2.05, 4.69) is 32.0 Å². The molecule has 0 aliphatic carbocycles.